The summed E-state index contributed by atoms with van der Waals surface area (Å²) < 4.78 is 6.09. The third-order valence-corrected chi connectivity index (χ3v) is 2.87. The molecule has 0 spiro atoms. The predicted molar refractivity (Wildman–Crippen MR) is 73.0 cm³/mol. The largest absolute Gasteiger partial charge is 0.378 e. The Balaban J connectivity index is 1.95. The van der Waals surface area contributed by atoms with E-state index >= 15 is 0 Å². The zero-order valence-corrected chi connectivity index (χ0v) is 11.0. The molecule has 0 unspecified atom stereocenters. The Morgan fingerprint density at radius 2 is 2.30 bits per heavy atom. The molecule has 1 aliphatic rings. The third kappa shape index (κ3) is 2.03. The van der Waals surface area contributed by atoms with Crippen LogP contribution >= 0.6 is 12.2 Å². The molecule has 104 valence electrons. The van der Waals surface area contributed by atoms with Gasteiger partial charge < -0.3 is 11.5 Å². The SMILES string of the molecule is NC(=S)NNC1=CCCc2c1nnn2-c1nonc1N. The number of hydrogen-bond acceptors (Lipinski definition) is 8. The van der Waals surface area contributed by atoms with Crippen LogP contribution in [-0.4, -0.2) is 30.4 Å². The first kappa shape index (κ1) is 12.3. The first-order valence-electron chi connectivity index (χ1n) is 5.72. The molecule has 10 nitrogen and oxygen atoms in total. The topological polar surface area (TPSA) is 146 Å². The molecule has 2 aromatic rings. The van der Waals surface area contributed by atoms with Gasteiger partial charge in [0, 0.05) is 0 Å². The average molecular weight is 293 g/mol. The van der Waals surface area contributed by atoms with Crippen molar-refractivity contribution in [2.24, 2.45) is 5.73 Å². The van der Waals surface area contributed by atoms with Crippen LogP contribution in [0.2, 0.25) is 0 Å². The third-order valence-electron chi connectivity index (χ3n) is 2.76. The fourth-order valence-electron chi connectivity index (χ4n) is 1.93. The Morgan fingerprint density at radius 3 is 3.00 bits per heavy atom. The van der Waals surface area contributed by atoms with Gasteiger partial charge in [-0.05, 0) is 35.4 Å². The molecule has 0 bridgehead atoms. The summed E-state index contributed by atoms with van der Waals surface area (Å²) in [7, 11) is 0. The molecule has 0 radical (unpaired) electrons. The summed E-state index contributed by atoms with van der Waals surface area (Å²) in [4.78, 5) is 0. The zero-order chi connectivity index (χ0) is 14.1. The van der Waals surface area contributed by atoms with Gasteiger partial charge in [-0.15, -0.1) is 5.10 Å². The van der Waals surface area contributed by atoms with Crippen molar-refractivity contribution in [3.63, 3.8) is 0 Å². The Bertz CT molecular complexity index is 687. The average Bonchev–Trinajstić information content (AvgIpc) is 3.02. The van der Waals surface area contributed by atoms with E-state index in [2.05, 4.69) is 36.1 Å². The number of fused-ring (bicyclic) bond motifs is 1. The van der Waals surface area contributed by atoms with Crippen LogP contribution in [0, 0.1) is 0 Å². The molecule has 0 amide bonds. The molecule has 0 fully saturated rings. The number of anilines is 1. The number of rotatable bonds is 3. The van der Waals surface area contributed by atoms with Gasteiger partial charge in [0.25, 0.3) is 0 Å². The Morgan fingerprint density at radius 1 is 1.45 bits per heavy atom. The van der Waals surface area contributed by atoms with E-state index in [1.54, 1.807) is 0 Å². The quantitative estimate of drug-likeness (QED) is 0.404. The van der Waals surface area contributed by atoms with E-state index in [1.165, 1.54) is 4.68 Å². The standard InChI is InChI=1S/C9H11N9OS/c10-7-8(16-19-15-7)18-5-3-1-2-4(6(5)13-17-18)12-14-9(11)20/h2,12H,1,3H2,(H2,10,15)(H3,11,14,20). The van der Waals surface area contributed by atoms with Gasteiger partial charge in [0.2, 0.25) is 11.6 Å². The fraction of sp³-hybridized carbons (Fsp3) is 0.222. The minimum atomic E-state index is 0.135. The number of hydrogen-bond donors (Lipinski definition) is 4. The Labute approximate surface area is 118 Å². The summed E-state index contributed by atoms with van der Waals surface area (Å²) in [6, 6.07) is 0. The number of hydrazine groups is 1. The minimum absolute atomic E-state index is 0.135. The van der Waals surface area contributed by atoms with E-state index in [1.807, 2.05) is 6.08 Å². The van der Waals surface area contributed by atoms with Gasteiger partial charge >= 0.3 is 0 Å². The van der Waals surface area contributed by atoms with Crippen molar-refractivity contribution in [2.45, 2.75) is 12.8 Å². The molecule has 6 N–H and O–H groups in total. The molecule has 2 heterocycles. The van der Waals surface area contributed by atoms with Crippen molar-refractivity contribution >= 4 is 28.8 Å². The number of nitrogens with one attached hydrogen (secondary N) is 2. The van der Waals surface area contributed by atoms with E-state index in [4.69, 9.17) is 23.7 Å². The number of aromatic nitrogens is 5. The second-order valence-corrected chi connectivity index (χ2v) is 4.48. The summed E-state index contributed by atoms with van der Waals surface area (Å²) in [5, 5.41) is 15.5. The molecular weight excluding hydrogens is 282 g/mol. The van der Waals surface area contributed by atoms with Crippen LogP contribution in [0.1, 0.15) is 17.8 Å². The first-order valence-corrected chi connectivity index (χ1v) is 6.12. The molecular formula is C9H11N9OS. The van der Waals surface area contributed by atoms with Crippen molar-refractivity contribution in [1.82, 2.24) is 36.2 Å². The highest BCUT2D eigenvalue weighted by atomic mass is 32.1. The Hall–Kier alpha value is -2.69. The van der Waals surface area contributed by atoms with Crippen LogP contribution in [0.4, 0.5) is 5.82 Å². The summed E-state index contributed by atoms with van der Waals surface area (Å²) in [5.74, 6) is 0.477. The fourth-order valence-corrected chi connectivity index (χ4v) is 1.98. The number of thiocarbonyl (C=S) groups is 1. The number of allylic oxidation sites excluding steroid dienone is 1. The van der Waals surface area contributed by atoms with Crippen LogP contribution in [-0.2, 0) is 6.42 Å². The van der Waals surface area contributed by atoms with Gasteiger partial charge in [-0.1, -0.05) is 11.3 Å². The molecule has 2 aromatic heterocycles. The van der Waals surface area contributed by atoms with E-state index in [0.717, 1.165) is 24.2 Å². The second-order valence-electron chi connectivity index (χ2n) is 4.04. The number of nitrogens with two attached hydrogens (primary N) is 2. The predicted octanol–water partition coefficient (Wildman–Crippen LogP) is -1.14. The highest BCUT2D eigenvalue weighted by Gasteiger charge is 2.23. The lowest BCUT2D eigenvalue weighted by Gasteiger charge is -2.15. The van der Waals surface area contributed by atoms with Crippen LogP contribution < -0.4 is 22.3 Å². The molecule has 3 rings (SSSR count). The van der Waals surface area contributed by atoms with Gasteiger partial charge in [0.15, 0.2) is 5.11 Å². The lowest BCUT2D eigenvalue weighted by atomic mass is 10.1. The van der Waals surface area contributed by atoms with E-state index in [0.29, 0.717) is 11.5 Å². The number of nitrogens with zero attached hydrogens (tertiary/aromatic N) is 5. The Kier molecular flexibility index (Phi) is 2.95. The molecule has 20 heavy (non-hydrogen) atoms. The van der Waals surface area contributed by atoms with Gasteiger partial charge in [-0.3, -0.25) is 10.9 Å². The summed E-state index contributed by atoms with van der Waals surface area (Å²) >= 11 is 4.74. The molecule has 1 aliphatic carbocycles. The van der Waals surface area contributed by atoms with E-state index in [9.17, 15) is 0 Å². The highest BCUT2D eigenvalue weighted by Crippen LogP contribution is 2.24. The summed E-state index contributed by atoms with van der Waals surface area (Å²) in [6.45, 7) is 0. The van der Waals surface area contributed by atoms with Crippen molar-refractivity contribution in [2.75, 3.05) is 5.73 Å². The van der Waals surface area contributed by atoms with Crippen LogP contribution in [0.15, 0.2) is 10.7 Å². The van der Waals surface area contributed by atoms with Gasteiger partial charge in [-0.2, -0.15) is 4.68 Å². The van der Waals surface area contributed by atoms with Gasteiger partial charge in [0.05, 0.1) is 11.4 Å². The van der Waals surface area contributed by atoms with Crippen LogP contribution in [0.5, 0.6) is 0 Å². The maximum absolute atomic E-state index is 5.67. The zero-order valence-electron chi connectivity index (χ0n) is 10.2. The van der Waals surface area contributed by atoms with Crippen molar-refractivity contribution < 1.29 is 4.63 Å². The molecule has 0 aliphatic heterocycles. The molecule has 0 atom stereocenters. The van der Waals surface area contributed by atoms with Crippen LogP contribution in [0.3, 0.4) is 0 Å². The first-order chi connectivity index (χ1) is 9.66. The molecule has 0 aromatic carbocycles. The lowest BCUT2D eigenvalue weighted by Crippen LogP contribution is -2.40. The summed E-state index contributed by atoms with van der Waals surface area (Å²) in [6.07, 6.45) is 3.51. The maximum Gasteiger partial charge on any atom is 0.243 e. The smallest absolute Gasteiger partial charge is 0.243 e. The lowest BCUT2D eigenvalue weighted by molar-refractivity contribution is 0.306. The normalized spacial score (nSPS) is 13.5. The molecule has 11 heteroatoms. The van der Waals surface area contributed by atoms with E-state index < -0.39 is 0 Å². The second kappa shape index (κ2) is 4.77. The molecule has 0 saturated heterocycles. The maximum atomic E-state index is 5.67. The van der Waals surface area contributed by atoms with Crippen LogP contribution in [0.25, 0.3) is 11.5 Å². The van der Waals surface area contributed by atoms with Crippen molar-refractivity contribution in [1.29, 1.82) is 0 Å². The molecule has 0 saturated carbocycles. The van der Waals surface area contributed by atoms with E-state index in [-0.39, 0.29) is 10.9 Å². The summed E-state index contributed by atoms with van der Waals surface area (Å²) in [5.41, 5.74) is 18.8. The van der Waals surface area contributed by atoms with Crippen molar-refractivity contribution in [3.8, 4) is 5.82 Å². The minimum Gasteiger partial charge on any atom is -0.378 e. The van der Waals surface area contributed by atoms with Crippen molar-refractivity contribution in [3.05, 3.63) is 17.5 Å². The highest BCUT2D eigenvalue weighted by molar-refractivity contribution is 7.80. The van der Waals surface area contributed by atoms with Gasteiger partial charge in [0.1, 0.15) is 5.69 Å². The van der Waals surface area contributed by atoms with Gasteiger partial charge in [-0.25, -0.2) is 4.63 Å². The monoisotopic (exact) mass is 293 g/mol. The number of nitrogen functional groups attached to an aromatic ring is 1.